The van der Waals surface area contributed by atoms with Crippen molar-refractivity contribution in [3.63, 3.8) is 0 Å². The zero-order chi connectivity index (χ0) is 18.9. The lowest BCUT2D eigenvalue weighted by atomic mass is 9.49. The summed E-state index contributed by atoms with van der Waals surface area (Å²) in [5.41, 5.74) is 0.450. The second-order valence-electron chi connectivity index (χ2n) is 10.5. The average Bonchev–Trinajstić information content (AvgIpc) is 3.03. The van der Waals surface area contributed by atoms with Crippen molar-refractivity contribution in [3.8, 4) is 5.75 Å². The van der Waals surface area contributed by atoms with E-state index >= 15 is 0 Å². The Labute approximate surface area is 166 Å². The fourth-order valence-electron chi connectivity index (χ4n) is 7.67. The Hall–Kier alpha value is -1.84. The standard InChI is InChI=1S/C24H29NO3/c26-20-13-24(28-21-4-2-1-3-19(20)21)5-6-25(15-24)22(27)14-23-10-16-7-17(11-23)9-18(8-16)12-23/h1-4,16-18H,5-15H2. The molecule has 1 spiro atoms. The maximum Gasteiger partial charge on any atom is 0.223 e. The molecular formula is C24H29NO3. The quantitative estimate of drug-likeness (QED) is 0.773. The lowest BCUT2D eigenvalue weighted by molar-refractivity contribution is -0.139. The zero-order valence-corrected chi connectivity index (χ0v) is 16.5. The van der Waals surface area contributed by atoms with Crippen LogP contribution in [0.4, 0.5) is 0 Å². The molecule has 1 unspecified atom stereocenters. The van der Waals surface area contributed by atoms with E-state index < -0.39 is 5.60 Å². The first-order chi connectivity index (χ1) is 13.5. The minimum absolute atomic E-state index is 0.150. The van der Waals surface area contributed by atoms with Gasteiger partial charge in [0.15, 0.2) is 5.78 Å². The highest BCUT2D eigenvalue weighted by Gasteiger charge is 2.53. The number of hydrogen-bond acceptors (Lipinski definition) is 3. The Morgan fingerprint density at radius 1 is 1.07 bits per heavy atom. The van der Waals surface area contributed by atoms with E-state index in [9.17, 15) is 9.59 Å². The van der Waals surface area contributed by atoms with Gasteiger partial charge in [0, 0.05) is 19.4 Å². The molecule has 1 amide bonds. The summed E-state index contributed by atoms with van der Waals surface area (Å²) in [5, 5.41) is 0. The zero-order valence-electron chi connectivity index (χ0n) is 16.5. The summed E-state index contributed by atoms with van der Waals surface area (Å²) in [6, 6.07) is 7.52. The number of amides is 1. The molecule has 5 fully saturated rings. The molecule has 0 N–H and O–H groups in total. The van der Waals surface area contributed by atoms with Gasteiger partial charge in [0.1, 0.15) is 11.4 Å². The summed E-state index contributed by atoms with van der Waals surface area (Å²) in [7, 11) is 0. The van der Waals surface area contributed by atoms with Crippen molar-refractivity contribution in [2.24, 2.45) is 23.2 Å². The number of carbonyl (C=O) groups excluding carboxylic acids is 2. The molecule has 1 atom stereocenters. The Morgan fingerprint density at radius 2 is 1.75 bits per heavy atom. The molecule has 4 aliphatic carbocycles. The largest absolute Gasteiger partial charge is 0.484 e. The minimum Gasteiger partial charge on any atom is -0.484 e. The number of Topliss-reactive ketones (excluding diaryl/α,β-unsaturated/α-hetero) is 1. The Morgan fingerprint density at radius 3 is 2.46 bits per heavy atom. The first-order valence-electron chi connectivity index (χ1n) is 11.1. The smallest absolute Gasteiger partial charge is 0.223 e. The average molecular weight is 380 g/mol. The van der Waals surface area contributed by atoms with Crippen LogP contribution in [0.5, 0.6) is 5.75 Å². The predicted octanol–water partition coefficient (Wildman–Crippen LogP) is 4.23. The summed E-state index contributed by atoms with van der Waals surface area (Å²) < 4.78 is 6.31. The first-order valence-corrected chi connectivity index (χ1v) is 11.1. The number of rotatable bonds is 2. The van der Waals surface area contributed by atoms with Crippen LogP contribution in [0.15, 0.2) is 24.3 Å². The molecule has 4 bridgehead atoms. The van der Waals surface area contributed by atoms with Crippen molar-refractivity contribution >= 4 is 11.7 Å². The van der Waals surface area contributed by atoms with Crippen LogP contribution in [-0.2, 0) is 4.79 Å². The summed E-state index contributed by atoms with van der Waals surface area (Å²) >= 11 is 0. The second kappa shape index (κ2) is 5.84. The highest BCUT2D eigenvalue weighted by molar-refractivity contribution is 6.00. The number of para-hydroxylation sites is 1. The summed E-state index contributed by atoms with van der Waals surface area (Å²) in [4.78, 5) is 27.9. The van der Waals surface area contributed by atoms with E-state index in [1.807, 2.05) is 29.2 Å². The molecule has 4 nitrogen and oxygen atoms in total. The van der Waals surface area contributed by atoms with Gasteiger partial charge in [0.2, 0.25) is 5.91 Å². The summed E-state index contributed by atoms with van der Waals surface area (Å²) in [6.45, 7) is 1.29. The highest BCUT2D eigenvalue weighted by Crippen LogP contribution is 2.61. The number of carbonyl (C=O) groups is 2. The van der Waals surface area contributed by atoms with E-state index in [0.717, 1.165) is 37.1 Å². The van der Waals surface area contributed by atoms with E-state index in [1.165, 1.54) is 38.5 Å². The van der Waals surface area contributed by atoms with Crippen LogP contribution in [0.1, 0.15) is 68.1 Å². The number of nitrogens with zero attached hydrogens (tertiary/aromatic N) is 1. The third kappa shape index (κ3) is 2.63. The van der Waals surface area contributed by atoms with Gasteiger partial charge in [-0.2, -0.15) is 0 Å². The molecular weight excluding hydrogens is 350 g/mol. The second-order valence-corrected chi connectivity index (χ2v) is 10.5. The molecule has 148 valence electrons. The van der Waals surface area contributed by atoms with Crippen LogP contribution in [0.3, 0.4) is 0 Å². The third-order valence-electron chi connectivity index (χ3n) is 8.36. The van der Waals surface area contributed by atoms with Gasteiger partial charge in [0.05, 0.1) is 18.5 Å². The van der Waals surface area contributed by atoms with Gasteiger partial charge in [0.25, 0.3) is 0 Å². The van der Waals surface area contributed by atoms with Crippen molar-refractivity contribution < 1.29 is 14.3 Å². The van der Waals surface area contributed by atoms with E-state index in [2.05, 4.69) is 0 Å². The lowest BCUT2D eigenvalue weighted by Gasteiger charge is -2.57. The monoisotopic (exact) mass is 379 g/mol. The van der Waals surface area contributed by atoms with Crippen LogP contribution in [0.2, 0.25) is 0 Å². The molecule has 1 saturated heterocycles. The molecule has 0 aromatic heterocycles. The molecule has 6 aliphatic rings. The fraction of sp³-hybridized carbons (Fsp3) is 0.667. The topological polar surface area (TPSA) is 46.6 Å². The van der Waals surface area contributed by atoms with Gasteiger partial charge in [-0.25, -0.2) is 0 Å². The Kier molecular flexibility index (Phi) is 3.56. The SMILES string of the molecule is O=C1CC2(CCN(C(=O)CC34CC5CC(CC(C5)C3)C4)C2)Oc2ccccc21. The van der Waals surface area contributed by atoms with Crippen LogP contribution in [-0.4, -0.2) is 35.3 Å². The molecule has 0 radical (unpaired) electrons. The van der Waals surface area contributed by atoms with Gasteiger partial charge >= 0.3 is 0 Å². The number of hydrogen-bond donors (Lipinski definition) is 0. The number of likely N-dealkylation sites (tertiary alicyclic amines) is 1. The van der Waals surface area contributed by atoms with Crippen LogP contribution in [0.25, 0.3) is 0 Å². The van der Waals surface area contributed by atoms with E-state index in [-0.39, 0.29) is 11.2 Å². The van der Waals surface area contributed by atoms with Gasteiger partial charge in [-0.3, -0.25) is 9.59 Å². The molecule has 28 heavy (non-hydrogen) atoms. The van der Waals surface area contributed by atoms with Gasteiger partial charge in [-0.15, -0.1) is 0 Å². The van der Waals surface area contributed by atoms with Crippen molar-refractivity contribution in [1.29, 1.82) is 0 Å². The van der Waals surface area contributed by atoms with Crippen LogP contribution in [0, 0.1) is 23.2 Å². The Bertz CT molecular complexity index is 811. The van der Waals surface area contributed by atoms with Gasteiger partial charge < -0.3 is 9.64 Å². The van der Waals surface area contributed by atoms with Gasteiger partial charge in [-0.05, 0) is 73.8 Å². The van der Waals surface area contributed by atoms with Crippen LogP contribution < -0.4 is 4.74 Å². The third-order valence-corrected chi connectivity index (χ3v) is 8.36. The number of benzene rings is 1. The first kappa shape index (κ1) is 17.1. The van der Waals surface area contributed by atoms with Crippen molar-refractivity contribution in [2.75, 3.05) is 13.1 Å². The van der Waals surface area contributed by atoms with E-state index in [1.54, 1.807) is 0 Å². The molecule has 7 rings (SSSR count). The van der Waals surface area contributed by atoms with Gasteiger partial charge in [-0.1, -0.05) is 12.1 Å². The molecule has 2 heterocycles. The molecule has 4 heteroatoms. The maximum atomic E-state index is 13.3. The fourth-order valence-corrected chi connectivity index (χ4v) is 7.67. The normalized spacial score (nSPS) is 40.6. The van der Waals surface area contributed by atoms with E-state index in [4.69, 9.17) is 4.74 Å². The molecule has 1 aromatic carbocycles. The van der Waals surface area contributed by atoms with Crippen molar-refractivity contribution in [3.05, 3.63) is 29.8 Å². The molecule has 2 aliphatic heterocycles. The lowest BCUT2D eigenvalue weighted by Crippen LogP contribution is -2.49. The predicted molar refractivity (Wildman–Crippen MR) is 105 cm³/mol. The number of ether oxygens (including phenoxy) is 1. The van der Waals surface area contributed by atoms with Crippen LogP contribution >= 0.6 is 0 Å². The molecule has 1 aromatic rings. The van der Waals surface area contributed by atoms with Crippen molar-refractivity contribution in [2.45, 2.75) is 63.4 Å². The van der Waals surface area contributed by atoms with E-state index in [0.29, 0.717) is 30.2 Å². The number of ketones is 1. The summed E-state index contributed by atoms with van der Waals surface area (Å²) in [5.74, 6) is 3.76. The number of fused-ring (bicyclic) bond motifs is 1. The van der Waals surface area contributed by atoms with Crippen molar-refractivity contribution in [1.82, 2.24) is 4.90 Å². The highest BCUT2D eigenvalue weighted by atomic mass is 16.5. The molecule has 4 saturated carbocycles. The minimum atomic E-state index is -0.511. The summed E-state index contributed by atoms with van der Waals surface area (Å²) in [6.07, 6.45) is 9.92. The maximum absolute atomic E-state index is 13.3. The Balaban J connectivity index is 1.17.